The molecule has 5 rings (SSSR count). The van der Waals surface area contributed by atoms with Crippen LogP contribution in [0.25, 0.3) is 16.8 Å². The molecule has 4 heterocycles. The highest BCUT2D eigenvalue weighted by atomic mass is 16.5. The fraction of sp³-hybridized carbons (Fsp3) is 0.280. The Morgan fingerprint density at radius 3 is 2.69 bits per heavy atom. The lowest BCUT2D eigenvalue weighted by Gasteiger charge is -2.24. The lowest BCUT2D eigenvalue weighted by Crippen LogP contribution is -2.31. The van der Waals surface area contributed by atoms with Crippen LogP contribution in [0.2, 0.25) is 0 Å². The smallest absolute Gasteiger partial charge is 0.259 e. The van der Waals surface area contributed by atoms with Crippen LogP contribution >= 0.6 is 0 Å². The average molecular weight is 428 g/mol. The largest absolute Gasteiger partial charge is 0.497 e. The number of carbonyl (C=O) groups is 1. The minimum atomic E-state index is -0.0696. The number of rotatable bonds is 4. The van der Waals surface area contributed by atoms with Crippen molar-refractivity contribution < 1.29 is 9.53 Å². The van der Waals surface area contributed by atoms with Gasteiger partial charge in [0, 0.05) is 24.6 Å². The van der Waals surface area contributed by atoms with Crippen molar-refractivity contribution in [3.8, 4) is 16.9 Å². The van der Waals surface area contributed by atoms with Gasteiger partial charge >= 0.3 is 0 Å². The van der Waals surface area contributed by atoms with Gasteiger partial charge in [-0.05, 0) is 67.6 Å². The summed E-state index contributed by atoms with van der Waals surface area (Å²) in [7, 11) is 1.66. The van der Waals surface area contributed by atoms with Crippen molar-refractivity contribution >= 4 is 11.6 Å². The summed E-state index contributed by atoms with van der Waals surface area (Å²) in [6.45, 7) is 4.64. The van der Waals surface area contributed by atoms with Crippen LogP contribution in [0.15, 0.2) is 55.0 Å². The van der Waals surface area contributed by atoms with Crippen LogP contribution in [0.1, 0.15) is 46.2 Å². The Balaban J connectivity index is 1.48. The van der Waals surface area contributed by atoms with Crippen LogP contribution in [0.3, 0.4) is 0 Å². The number of hydrogen-bond acceptors (Lipinski definition) is 5. The summed E-state index contributed by atoms with van der Waals surface area (Å²) >= 11 is 0. The maximum absolute atomic E-state index is 13.5. The zero-order valence-corrected chi connectivity index (χ0v) is 18.4. The van der Waals surface area contributed by atoms with Gasteiger partial charge in [-0.1, -0.05) is 12.1 Å². The number of nitrogens with zero attached hydrogens (tertiary/aromatic N) is 5. The second-order valence-corrected chi connectivity index (χ2v) is 8.26. The molecule has 1 fully saturated rings. The molecule has 0 bridgehead atoms. The second kappa shape index (κ2) is 8.07. The van der Waals surface area contributed by atoms with E-state index in [1.165, 1.54) is 0 Å². The van der Waals surface area contributed by atoms with E-state index >= 15 is 0 Å². The summed E-state index contributed by atoms with van der Waals surface area (Å²) in [6, 6.07) is 12.1. The fourth-order valence-electron chi connectivity index (χ4n) is 4.41. The summed E-state index contributed by atoms with van der Waals surface area (Å²) in [4.78, 5) is 24.7. The standard InChI is InChI=1S/C25H25N5O2/c1-16-13-26-24-21(14-27-30(24)15-16)25(31)29-10-4-5-23(29)22-12-19(11-17(2)28-22)18-6-8-20(32-3)9-7-18/h6-9,11-15,23H,4-5,10H2,1-3H3. The Morgan fingerprint density at radius 2 is 1.91 bits per heavy atom. The number of benzene rings is 1. The maximum Gasteiger partial charge on any atom is 0.259 e. The maximum atomic E-state index is 13.5. The van der Waals surface area contributed by atoms with E-state index in [1.54, 1.807) is 24.0 Å². The molecule has 0 saturated carbocycles. The molecule has 3 aromatic heterocycles. The minimum Gasteiger partial charge on any atom is -0.497 e. The summed E-state index contributed by atoms with van der Waals surface area (Å²) in [5.74, 6) is 0.776. The molecule has 0 spiro atoms. The van der Waals surface area contributed by atoms with Crippen LogP contribution in [-0.4, -0.2) is 44.0 Å². The second-order valence-electron chi connectivity index (χ2n) is 8.26. The van der Waals surface area contributed by atoms with Gasteiger partial charge in [0.1, 0.15) is 11.3 Å². The zero-order valence-electron chi connectivity index (χ0n) is 18.4. The monoisotopic (exact) mass is 427 g/mol. The van der Waals surface area contributed by atoms with Crippen molar-refractivity contribution in [2.24, 2.45) is 0 Å². The molecule has 0 aliphatic carbocycles. The minimum absolute atomic E-state index is 0.0480. The molecule has 32 heavy (non-hydrogen) atoms. The van der Waals surface area contributed by atoms with Gasteiger partial charge in [-0.3, -0.25) is 9.78 Å². The Hall–Kier alpha value is -3.74. The van der Waals surface area contributed by atoms with Crippen molar-refractivity contribution in [1.29, 1.82) is 0 Å². The quantitative estimate of drug-likeness (QED) is 0.483. The number of amides is 1. The highest BCUT2D eigenvalue weighted by Gasteiger charge is 2.33. The molecule has 1 atom stereocenters. The number of carbonyl (C=O) groups excluding carboxylic acids is 1. The van der Waals surface area contributed by atoms with E-state index in [0.29, 0.717) is 17.8 Å². The summed E-state index contributed by atoms with van der Waals surface area (Å²) in [5, 5.41) is 4.33. The molecule has 1 aliphatic rings. The van der Waals surface area contributed by atoms with E-state index in [4.69, 9.17) is 9.72 Å². The first-order valence-electron chi connectivity index (χ1n) is 10.8. The van der Waals surface area contributed by atoms with E-state index in [9.17, 15) is 4.79 Å². The number of pyridine rings is 1. The first kappa shape index (κ1) is 20.2. The normalized spacial score (nSPS) is 16.0. The Bertz CT molecular complexity index is 1300. The molecule has 7 nitrogen and oxygen atoms in total. The van der Waals surface area contributed by atoms with E-state index in [2.05, 4.69) is 22.2 Å². The van der Waals surface area contributed by atoms with E-state index < -0.39 is 0 Å². The third-order valence-corrected chi connectivity index (χ3v) is 5.97. The number of fused-ring (bicyclic) bond motifs is 1. The number of ether oxygens (including phenoxy) is 1. The predicted octanol–water partition coefficient (Wildman–Crippen LogP) is 4.39. The molecule has 162 valence electrons. The van der Waals surface area contributed by atoms with Crippen molar-refractivity contribution in [2.75, 3.05) is 13.7 Å². The average Bonchev–Trinajstić information content (AvgIpc) is 3.45. The molecule has 1 unspecified atom stereocenters. The van der Waals surface area contributed by atoms with Gasteiger partial charge < -0.3 is 9.64 Å². The summed E-state index contributed by atoms with van der Waals surface area (Å²) < 4.78 is 6.95. The summed E-state index contributed by atoms with van der Waals surface area (Å²) in [5.41, 5.74) is 6.14. The molecule has 1 saturated heterocycles. The van der Waals surface area contributed by atoms with E-state index in [0.717, 1.165) is 46.7 Å². The lowest BCUT2D eigenvalue weighted by atomic mass is 10.0. The Morgan fingerprint density at radius 1 is 1.09 bits per heavy atom. The zero-order chi connectivity index (χ0) is 22.2. The van der Waals surface area contributed by atoms with Crippen molar-refractivity contribution in [3.63, 3.8) is 0 Å². The molecule has 0 N–H and O–H groups in total. The fourth-order valence-corrected chi connectivity index (χ4v) is 4.41. The van der Waals surface area contributed by atoms with Gasteiger partial charge in [0.15, 0.2) is 5.65 Å². The number of hydrogen-bond donors (Lipinski definition) is 0. The number of likely N-dealkylation sites (tertiary alicyclic amines) is 1. The first-order valence-corrected chi connectivity index (χ1v) is 10.8. The number of aryl methyl sites for hydroxylation is 2. The highest BCUT2D eigenvalue weighted by molar-refractivity contribution is 6.00. The van der Waals surface area contributed by atoms with E-state index in [-0.39, 0.29) is 11.9 Å². The molecule has 1 aliphatic heterocycles. The van der Waals surface area contributed by atoms with Crippen molar-refractivity contribution in [3.05, 3.63) is 77.5 Å². The van der Waals surface area contributed by atoms with Crippen LogP contribution in [0, 0.1) is 13.8 Å². The van der Waals surface area contributed by atoms with Gasteiger partial charge in [0.25, 0.3) is 5.91 Å². The molecular formula is C25H25N5O2. The van der Waals surface area contributed by atoms with Gasteiger partial charge in [-0.2, -0.15) is 5.10 Å². The topological polar surface area (TPSA) is 72.6 Å². The van der Waals surface area contributed by atoms with Crippen molar-refractivity contribution in [1.82, 2.24) is 24.5 Å². The Kier molecular flexibility index (Phi) is 5.09. The molecule has 1 amide bonds. The van der Waals surface area contributed by atoms with Gasteiger partial charge in [-0.15, -0.1) is 0 Å². The SMILES string of the molecule is COc1ccc(-c2cc(C)nc(C3CCCN3C(=O)c3cnn4cc(C)cnc34)c2)cc1. The van der Waals surface area contributed by atoms with E-state index in [1.807, 2.05) is 49.2 Å². The van der Waals surface area contributed by atoms with Crippen LogP contribution in [0.5, 0.6) is 5.75 Å². The molecule has 7 heteroatoms. The molecule has 4 aromatic rings. The lowest BCUT2D eigenvalue weighted by molar-refractivity contribution is 0.0734. The van der Waals surface area contributed by atoms with Crippen LogP contribution < -0.4 is 4.74 Å². The first-order chi connectivity index (χ1) is 15.5. The van der Waals surface area contributed by atoms with Gasteiger partial charge in [-0.25, -0.2) is 9.50 Å². The van der Waals surface area contributed by atoms with Gasteiger partial charge in [0.2, 0.25) is 0 Å². The Labute approximate surface area is 186 Å². The number of aromatic nitrogens is 4. The summed E-state index contributed by atoms with van der Waals surface area (Å²) in [6.07, 6.45) is 7.08. The van der Waals surface area contributed by atoms with Crippen molar-refractivity contribution in [2.45, 2.75) is 32.7 Å². The van der Waals surface area contributed by atoms with Crippen LogP contribution in [-0.2, 0) is 0 Å². The van der Waals surface area contributed by atoms with Crippen LogP contribution in [0.4, 0.5) is 0 Å². The number of methoxy groups -OCH3 is 1. The third-order valence-electron chi connectivity index (χ3n) is 5.97. The highest BCUT2D eigenvalue weighted by Crippen LogP contribution is 2.35. The van der Waals surface area contributed by atoms with Gasteiger partial charge in [0.05, 0.1) is 25.0 Å². The molecule has 1 aromatic carbocycles. The predicted molar refractivity (Wildman–Crippen MR) is 122 cm³/mol. The molecule has 0 radical (unpaired) electrons. The molecular weight excluding hydrogens is 402 g/mol. The third kappa shape index (κ3) is 3.60.